The van der Waals surface area contributed by atoms with E-state index in [-0.39, 0.29) is 11.2 Å². The average Bonchev–Trinajstić information content (AvgIpc) is 2.03. The predicted octanol–water partition coefficient (Wildman–Crippen LogP) is 0.168. The summed E-state index contributed by atoms with van der Waals surface area (Å²) in [5.41, 5.74) is -0.0220. The molecule has 0 aliphatic carbocycles. The molecule has 0 aliphatic heterocycles. The van der Waals surface area contributed by atoms with Gasteiger partial charge in [0.05, 0.1) is 6.33 Å². The summed E-state index contributed by atoms with van der Waals surface area (Å²) in [5, 5.41) is 0. The van der Waals surface area contributed by atoms with E-state index in [0.29, 0.717) is 5.82 Å². The third kappa shape index (κ3) is 1.34. The molecule has 0 fully saturated rings. The van der Waals surface area contributed by atoms with Crippen LogP contribution in [0.1, 0.15) is 0 Å². The van der Waals surface area contributed by atoms with Crippen molar-refractivity contribution in [2.75, 3.05) is 19.0 Å². The number of aromatic nitrogens is 2. The number of hydrogen-bond donors (Lipinski definition) is 1. The third-order valence-electron chi connectivity index (χ3n) is 1.39. The van der Waals surface area contributed by atoms with Crippen molar-refractivity contribution in [3.05, 3.63) is 16.7 Å². The number of hydrogen-bond acceptors (Lipinski definition) is 4. The van der Waals surface area contributed by atoms with E-state index in [1.54, 1.807) is 19.0 Å². The van der Waals surface area contributed by atoms with Crippen molar-refractivity contribution in [2.45, 2.75) is 0 Å². The molecule has 0 bridgehead atoms. The van der Waals surface area contributed by atoms with Gasteiger partial charge in [-0.05, 0) is 6.72 Å². The zero-order valence-corrected chi connectivity index (χ0v) is 7.03. The fraction of sp³-hybridized carbons (Fsp3) is 0.286. The van der Waals surface area contributed by atoms with Crippen molar-refractivity contribution < 1.29 is 0 Å². The fourth-order valence-electron chi connectivity index (χ4n) is 0.853. The van der Waals surface area contributed by atoms with Crippen LogP contribution < -0.4 is 10.5 Å². The zero-order valence-electron chi connectivity index (χ0n) is 7.03. The minimum absolute atomic E-state index is 0.252. The highest BCUT2D eigenvalue weighted by Gasteiger charge is 2.07. The smallest absolute Gasteiger partial charge is 0.278 e. The first kappa shape index (κ1) is 8.45. The quantitative estimate of drug-likeness (QED) is 0.637. The Hall–Kier alpha value is -1.65. The Bertz CT molecular complexity index is 342. The Morgan fingerprint density at radius 3 is 2.75 bits per heavy atom. The molecule has 12 heavy (non-hydrogen) atoms. The summed E-state index contributed by atoms with van der Waals surface area (Å²) in [6.45, 7) is 3.30. The number of H-pyrrole nitrogens is 1. The van der Waals surface area contributed by atoms with E-state index in [0.717, 1.165) is 0 Å². The highest BCUT2D eigenvalue weighted by molar-refractivity contribution is 5.62. The molecule has 1 rings (SSSR count). The lowest BCUT2D eigenvalue weighted by atomic mass is 10.4. The Labute approximate surface area is 69.8 Å². The van der Waals surface area contributed by atoms with Crippen molar-refractivity contribution in [1.82, 2.24) is 9.97 Å². The molecule has 1 aromatic heterocycles. The molecule has 0 saturated heterocycles. The summed E-state index contributed by atoms with van der Waals surface area (Å²) in [5.74, 6) is 0.522. The first-order valence-electron chi connectivity index (χ1n) is 3.38. The summed E-state index contributed by atoms with van der Waals surface area (Å²) >= 11 is 0. The summed E-state index contributed by atoms with van der Waals surface area (Å²) in [6.07, 6.45) is 1.34. The van der Waals surface area contributed by atoms with Crippen LogP contribution in [0.15, 0.2) is 16.1 Å². The van der Waals surface area contributed by atoms with Crippen molar-refractivity contribution in [2.24, 2.45) is 4.99 Å². The SMILES string of the molecule is C=Nc1c(N(C)C)nc[nH]c1=O. The number of nitrogens with one attached hydrogen (secondary N) is 1. The average molecular weight is 166 g/mol. The normalized spacial score (nSPS) is 9.50. The molecule has 0 aromatic carbocycles. The van der Waals surface area contributed by atoms with E-state index in [1.807, 2.05) is 0 Å². The predicted molar refractivity (Wildman–Crippen MR) is 48.4 cm³/mol. The minimum atomic E-state index is -0.274. The largest absolute Gasteiger partial charge is 0.361 e. The molecular weight excluding hydrogens is 156 g/mol. The monoisotopic (exact) mass is 166 g/mol. The van der Waals surface area contributed by atoms with Crippen LogP contribution in [-0.4, -0.2) is 30.8 Å². The molecule has 1 N–H and O–H groups in total. The molecule has 0 radical (unpaired) electrons. The Kier molecular flexibility index (Phi) is 2.23. The third-order valence-corrected chi connectivity index (χ3v) is 1.39. The molecule has 0 saturated carbocycles. The molecule has 5 nitrogen and oxygen atoms in total. The van der Waals surface area contributed by atoms with Gasteiger partial charge in [-0.25, -0.2) is 4.98 Å². The molecule has 1 heterocycles. The Balaban J connectivity index is 3.37. The lowest BCUT2D eigenvalue weighted by Crippen LogP contribution is -2.16. The van der Waals surface area contributed by atoms with Crippen LogP contribution in [0.5, 0.6) is 0 Å². The number of aromatic amines is 1. The van der Waals surface area contributed by atoms with Crippen LogP contribution in [0.2, 0.25) is 0 Å². The molecule has 1 aromatic rings. The second-order valence-corrected chi connectivity index (χ2v) is 2.46. The number of rotatable bonds is 2. The van der Waals surface area contributed by atoms with Crippen molar-refractivity contribution >= 4 is 18.2 Å². The van der Waals surface area contributed by atoms with Crippen LogP contribution in [0.4, 0.5) is 11.5 Å². The molecular formula is C7H10N4O. The van der Waals surface area contributed by atoms with Crippen LogP contribution in [0.25, 0.3) is 0 Å². The number of anilines is 1. The van der Waals surface area contributed by atoms with E-state index in [9.17, 15) is 4.79 Å². The summed E-state index contributed by atoms with van der Waals surface area (Å²) in [6, 6.07) is 0. The summed E-state index contributed by atoms with van der Waals surface area (Å²) < 4.78 is 0. The molecule has 0 amide bonds. The molecule has 0 aliphatic rings. The van der Waals surface area contributed by atoms with Gasteiger partial charge in [0.1, 0.15) is 0 Å². The van der Waals surface area contributed by atoms with Gasteiger partial charge in [-0.15, -0.1) is 0 Å². The number of nitrogens with zero attached hydrogens (tertiary/aromatic N) is 3. The van der Waals surface area contributed by atoms with Gasteiger partial charge in [0.2, 0.25) is 0 Å². The van der Waals surface area contributed by atoms with E-state index < -0.39 is 0 Å². The van der Waals surface area contributed by atoms with Gasteiger partial charge < -0.3 is 9.88 Å². The summed E-state index contributed by atoms with van der Waals surface area (Å²) in [7, 11) is 3.58. The highest BCUT2D eigenvalue weighted by Crippen LogP contribution is 2.16. The maximum atomic E-state index is 11.1. The van der Waals surface area contributed by atoms with E-state index in [2.05, 4.69) is 21.7 Å². The lowest BCUT2D eigenvalue weighted by molar-refractivity contribution is 1.02. The minimum Gasteiger partial charge on any atom is -0.361 e. The molecule has 0 unspecified atom stereocenters. The van der Waals surface area contributed by atoms with Gasteiger partial charge in [0.15, 0.2) is 11.5 Å². The highest BCUT2D eigenvalue weighted by atomic mass is 16.1. The van der Waals surface area contributed by atoms with Gasteiger partial charge in [-0.3, -0.25) is 9.79 Å². The lowest BCUT2D eigenvalue weighted by Gasteiger charge is -2.11. The summed E-state index contributed by atoms with van der Waals surface area (Å²) in [4.78, 5) is 22.8. The van der Waals surface area contributed by atoms with Crippen molar-refractivity contribution in [3.8, 4) is 0 Å². The van der Waals surface area contributed by atoms with Crippen LogP contribution in [-0.2, 0) is 0 Å². The van der Waals surface area contributed by atoms with Gasteiger partial charge in [-0.2, -0.15) is 0 Å². The zero-order chi connectivity index (χ0) is 9.14. The first-order valence-corrected chi connectivity index (χ1v) is 3.38. The molecule has 5 heteroatoms. The first-order chi connectivity index (χ1) is 5.66. The molecule has 0 atom stereocenters. The van der Waals surface area contributed by atoms with Crippen molar-refractivity contribution in [1.29, 1.82) is 0 Å². The maximum Gasteiger partial charge on any atom is 0.278 e. The maximum absolute atomic E-state index is 11.1. The van der Waals surface area contributed by atoms with Gasteiger partial charge >= 0.3 is 0 Å². The second kappa shape index (κ2) is 3.17. The molecule has 64 valence electrons. The molecule has 0 spiro atoms. The van der Waals surface area contributed by atoms with Crippen LogP contribution in [0, 0.1) is 0 Å². The topological polar surface area (TPSA) is 61.4 Å². The van der Waals surface area contributed by atoms with E-state index >= 15 is 0 Å². The van der Waals surface area contributed by atoms with Crippen LogP contribution >= 0.6 is 0 Å². The standard InChI is InChI=1S/C7H10N4O/c1-8-5-6(11(2)3)9-4-10-7(5)12/h4H,1H2,2-3H3,(H,9,10,12). The van der Waals surface area contributed by atoms with Gasteiger partial charge in [-0.1, -0.05) is 0 Å². The number of aliphatic imine (C=N–C) groups is 1. The van der Waals surface area contributed by atoms with E-state index in [4.69, 9.17) is 0 Å². The fourth-order valence-corrected chi connectivity index (χ4v) is 0.853. The van der Waals surface area contributed by atoms with Gasteiger partial charge in [0.25, 0.3) is 5.56 Å². The Morgan fingerprint density at radius 2 is 2.33 bits per heavy atom. The van der Waals surface area contributed by atoms with Gasteiger partial charge in [0, 0.05) is 14.1 Å². The second-order valence-electron chi connectivity index (χ2n) is 2.46. The van der Waals surface area contributed by atoms with Crippen LogP contribution in [0.3, 0.4) is 0 Å². The van der Waals surface area contributed by atoms with Crippen molar-refractivity contribution in [3.63, 3.8) is 0 Å². The van der Waals surface area contributed by atoms with E-state index in [1.165, 1.54) is 6.33 Å². The Morgan fingerprint density at radius 1 is 1.67 bits per heavy atom.